The van der Waals surface area contributed by atoms with Crippen molar-refractivity contribution in [2.45, 2.75) is 0 Å². The average Bonchev–Trinajstić information content (AvgIpc) is 3.63. The lowest BCUT2D eigenvalue weighted by atomic mass is 9.97. The van der Waals surface area contributed by atoms with E-state index in [1.54, 1.807) is 0 Å². The van der Waals surface area contributed by atoms with Crippen LogP contribution in [-0.2, 0) is 0 Å². The van der Waals surface area contributed by atoms with Gasteiger partial charge in [-0.05, 0) is 82.9 Å². The Hall–Kier alpha value is -6.06. The molecule has 210 valence electrons. The van der Waals surface area contributed by atoms with Crippen molar-refractivity contribution in [2.75, 3.05) is 0 Å². The zero-order valence-corrected chi connectivity index (χ0v) is 24.3. The van der Waals surface area contributed by atoms with Crippen LogP contribution in [-0.4, -0.2) is 9.13 Å². The van der Waals surface area contributed by atoms with Gasteiger partial charge in [0, 0.05) is 27.2 Å². The van der Waals surface area contributed by atoms with Crippen molar-refractivity contribution in [1.29, 1.82) is 0 Å². The maximum atomic E-state index is 6.54. The molecule has 1 aliphatic rings. The van der Waals surface area contributed by atoms with Crippen LogP contribution in [0.4, 0.5) is 0 Å². The van der Waals surface area contributed by atoms with Crippen LogP contribution in [0.5, 0.6) is 11.5 Å². The monoisotopic (exact) mass is 574 g/mol. The summed E-state index contributed by atoms with van der Waals surface area (Å²) in [5.74, 6) is 1.76. The molecule has 0 radical (unpaired) electrons. The fraction of sp³-hybridized carbons (Fsp3) is 0. The quantitative estimate of drug-likeness (QED) is 0.205. The first-order valence-corrected chi connectivity index (χ1v) is 15.4. The lowest BCUT2D eigenvalue weighted by Crippen LogP contribution is -2.03. The van der Waals surface area contributed by atoms with Crippen LogP contribution in [0.1, 0.15) is 0 Å². The predicted molar refractivity (Wildman–Crippen MR) is 186 cm³/mol. The molecular weight excluding hydrogens is 548 g/mol. The summed E-state index contributed by atoms with van der Waals surface area (Å²) >= 11 is 0. The Kier molecular flexibility index (Phi) is 5.00. The van der Waals surface area contributed by atoms with E-state index in [1.165, 1.54) is 49.2 Å². The Balaban J connectivity index is 1.09. The molecule has 0 amide bonds. The molecule has 0 aliphatic carbocycles. The van der Waals surface area contributed by atoms with Crippen molar-refractivity contribution < 1.29 is 4.74 Å². The molecule has 7 aromatic carbocycles. The Labute approximate surface area is 259 Å². The second-order valence-corrected chi connectivity index (χ2v) is 11.8. The van der Waals surface area contributed by atoms with E-state index in [9.17, 15) is 0 Å². The van der Waals surface area contributed by atoms with Gasteiger partial charge >= 0.3 is 0 Å². The van der Waals surface area contributed by atoms with E-state index in [1.807, 2.05) is 6.07 Å². The van der Waals surface area contributed by atoms with Gasteiger partial charge in [0.05, 0.1) is 27.8 Å². The minimum Gasteiger partial charge on any atom is -0.453 e. The highest BCUT2D eigenvalue weighted by Crippen LogP contribution is 2.47. The van der Waals surface area contributed by atoms with Crippen LogP contribution in [0.15, 0.2) is 158 Å². The molecule has 45 heavy (non-hydrogen) atoms. The number of fused-ring (bicyclic) bond motifs is 8. The van der Waals surface area contributed by atoms with Gasteiger partial charge in [0.15, 0.2) is 11.5 Å². The topological polar surface area (TPSA) is 19.1 Å². The van der Waals surface area contributed by atoms with E-state index in [0.717, 1.165) is 39.5 Å². The normalized spacial score (nSPS) is 12.2. The van der Waals surface area contributed by atoms with Gasteiger partial charge in [0.1, 0.15) is 0 Å². The summed E-state index contributed by atoms with van der Waals surface area (Å²) in [6, 6.07) is 56.5. The molecule has 0 fully saturated rings. The van der Waals surface area contributed by atoms with E-state index >= 15 is 0 Å². The highest BCUT2D eigenvalue weighted by atomic mass is 16.5. The Morgan fingerprint density at radius 1 is 0.356 bits per heavy atom. The molecule has 3 heterocycles. The summed E-state index contributed by atoms with van der Waals surface area (Å²) in [4.78, 5) is 0. The number of aromatic nitrogens is 2. The predicted octanol–water partition coefficient (Wildman–Crippen LogP) is 11.3. The van der Waals surface area contributed by atoms with Crippen LogP contribution >= 0.6 is 0 Å². The van der Waals surface area contributed by atoms with Gasteiger partial charge < -0.3 is 13.9 Å². The molecule has 10 rings (SSSR count). The first-order valence-electron chi connectivity index (χ1n) is 15.4. The molecular formula is C42H26N2O. The minimum absolute atomic E-state index is 0.877. The van der Waals surface area contributed by atoms with Gasteiger partial charge in [-0.3, -0.25) is 0 Å². The van der Waals surface area contributed by atoms with E-state index in [-0.39, 0.29) is 0 Å². The van der Waals surface area contributed by atoms with Crippen molar-refractivity contribution in [1.82, 2.24) is 9.13 Å². The number of benzene rings is 7. The molecule has 0 spiro atoms. The van der Waals surface area contributed by atoms with Crippen LogP contribution < -0.4 is 4.74 Å². The molecule has 0 atom stereocenters. The van der Waals surface area contributed by atoms with Gasteiger partial charge in [0.2, 0.25) is 0 Å². The van der Waals surface area contributed by atoms with Crippen molar-refractivity contribution in [2.24, 2.45) is 0 Å². The maximum absolute atomic E-state index is 6.54. The van der Waals surface area contributed by atoms with Crippen LogP contribution in [0.2, 0.25) is 0 Å². The molecule has 3 heteroatoms. The van der Waals surface area contributed by atoms with Gasteiger partial charge in [-0.15, -0.1) is 0 Å². The third-order valence-electron chi connectivity index (χ3n) is 9.29. The molecule has 0 saturated heterocycles. The Bertz CT molecular complexity index is 2570. The third-order valence-corrected chi connectivity index (χ3v) is 9.29. The number of rotatable bonds is 3. The zero-order valence-electron chi connectivity index (χ0n) is 24.3. The highest BCUT2D eigenvalue weighted by Gasteiger charge is 2.24. The van der Waals surface area contributed by atoms with Gasteiger partial charge in [-0.25, -0.2) is 0 Å². The molecule has 2 aromatic heterocycles. The lowest BCUT2D eigenvalue weighted by molar-refractivity contribution is 0.476. The largest absolute Gasteiger partial charge is 0.453 e. The Morgan fingerprint density at radius 2 is 0.933 bits per heavy atom. The van der Waals surface area contributed by atoms with E-state index in [0.29, 0.717) is 0 Å². The van der Waals surface area contributed by atoms with Crippen LogP contribution in [0, 0.1) is 0 Å². The molecule has 0 unspecified atom stereocenters. The smallest absolute Gasteiger partial charge is 0.152 e. The summed E-state index contributed by atoms with van der Waals surface area (Å²) in [5.41, 5.74) is 11.7. The molecule has 0 N–H and O–H groups in total. The second kappa shape index (κ2) is 9.22. The summed E-state index contributed by atoms with van der Waals surface area (Å²) in [6.07, 6.45) is 0. The number of para-hydroxylation sites is 5. The first kappa shape index (κ1) is 24.4. The summed E-state index contributed by atoms with van der Waals surface area (Å²) < 4.78 is 11.2. The van der Waals surface area contributed by atoms with Gasteiger partial charge in [-0.1, -0.05) is 97.1 Å². The number of hydrogen-bond donors (Lipinski definition) is 0. The van der Waals surface area contributed by atoms with E-state index < -0.39 is 0 Å². The van der Waals surface area contributed by atoms with Crippen molar-refractivity contribution in [3.8, 4) is 45.1 Å². The van der Waals surface area contributed by atoms with E-state index in [2.05, 4.69) is 161 Å². The molecule has 0 saturated carbocycles. The van der Waals surface area contributed by atoms with Crippen LogP contribution in [0.25, 0.3) is 77.2 Å². The summed E-state index contributed by atoms with van der Waals surface area (Å²) in [7, 11) is 0. The fourth-order valence-electron chi connectivity index (χ4n) is 7.28. The lowest BCUT2D eigenvalue weighted by Gasteiger charge is -2.21. The molecule has 3 nitrogen and oxygen atoms in total. The average molecular weight is 575 g/mol. The minimum atomic E-state index is 0.877. The number of nitrogens with zero attached hydrogens (tertiary/aromatic N) is 2. The second-order valence-electron chi connectivity index (χ2n) is 11.8. The molecule has 1 aliphatic heterocycles. The standard InChI is InChI=1S/C42H26N2O/c1-4-15-36-32(12-1)33-13-2-5-16-37(33)43(36)31-22-20-27(21-23-31)28-10-9-11-29(24-28)30-25-35-34-14-3-6-17-38(34)44-39-18-7-8-19-40(39)45-41(26-30)42(35)44/h1-26H. The number of hydrogen-bond acceptors (Lipinski definition) is 1. The highest BCUT2D eigenvalue weighted by molar-refractivity contribution is 6.13. The molecule has 9 aromatic rings. The zero-order chi connectivity index (χ0) is 29.5. The van der Waals surface area contributed by atoms with Crippen molar-refractivity contribution in [3.05, 3.63) is 158 Å². The summed E-state index contributed by atoms with van der Waals surface area (Å²) in [5, 5.41) is 4.98. The van der Waals surface area contributed by atoms with Crippen molar-refractivity contribution in [3.63, 3.8) is 0 Å². The maximum Gasteiger partial charge on any atom is 0.152 e. The molecule has 0 bridgehead atoms. The first-order chi connectivity index (χ1) is 22.3. The van der Waals surface area contributed by atoms with Gasteiger partial charge in [-0.2, -0.15) is 0 Å². The summed E-state index contributed by atoms with van der Waals surface area (Å²) in [6.45, 7) is 0. The SMILES string of the molecule is c1cc(-c2ccc(-n3c4ccccc4c4ccccc43)cc2)cc(-c2cc3c4c(c2)c2ccccc2n4-c2ccccc2O3)c1. The van der Waals surface area contributed by atoms with Crippen LogP contribution in [0.3, 0.4) is 0 Å². The fourth-order valence-corrected chi connectivity index (χ4v) is 7.28. The Morgan fingerprint density at radius 3 is 1.64 bits per heavy atom. The van der Waals surface area contributed by atoms with Crippen molar-refractivity contribution >= 4 is 43.6 Å². The number of ether oxygens (including phenoxy) is 1. The van der Waals surface area contributed by atoms with E-state index in [4.69, 9.17) is 4.74 Å². The van der Waals surface area contributed by atoms with Gasteiger partial charge in [0.25, 0.3) is 0 Å². The third kappa shape index (κ3) is 3.52.